The summed E-state index contributed by atoms with van der Waals surface area (Å²) < 4.78 is 0. The van der Waals surface area contributed by atoms with Gasteiger partial charge in [0.25, 0.3) is 0 Å². The second kappa shape index (κ2) is 12.6. The first-order valence-electron chi connectivity index (χ1n) is 11.8. The number of H-pyrrole nitrogens is 1. The fourth-order valence-electron chi connectivity index (χ4n) is 4.22. The zero-order valence-corrected chi connectivity index (χ0v) is 20.1. The molecule has 1 aliphatic rings. The summed E-state index contributed by atoms with van der Waals surface area (Å²) in [4.78, 5) is 70.5. The summed E-state index contributed by atoms with van der Waals surface area (Å²) in [7, 11) is 0. The average Bonchev–Trinajstić information content (AvgIpc) is 3.55. The van der Waals surface area contributed by atoms with E-state index >= 15 is 0 Å². The maximum Gasteiger partial charge on any atom is 0.326 e. The first-order chi connectivity index (χ1) is 17.7. The second-order valence-corrected chi connectivity index (χ2v) is 8.90. The van der Waals surface area contributed by atoms with Crippen LogP contribution < -0.4 is 22.1 Å². The molecule has 4 amide bonds. The highest BCUT2D eigenvalue weighted by Gasteiger charge is 2.38. The Morgan fingerprint density at radius 1 is 1.08 bits per heavy atom. The van der Waals surface area contributed by atoms with Crippen molar-refractivity contribution in [3.8, 4) is 0 Å². The zero-order chi connectivity index (χ0) is 26.9. The van der Waals surface area contributed by atoms with Gasteiger partial charge in [-0.1, -0.05) is 30.3 Å². The van der Waals surface area contributed by atoms with Crippen LogP contribution in [0.5, 0.6) is 0 Å². The van der Waals surface area contributed by atoms with Crippen molar-refractivity contribution < 1.29 is 29.1 Å². The smallest absolute Gasteiger partial charge is 0.326 e. The number of nitrogens with one attached hydrogen (secondary N) is 3. The minimum Gasteiger partial charge on any atom is -0.480 e. The van der Waals surface area contributed by atoms with Gasteiger partial charge in [0.15, 0.2) is 0 Å². The van der Waals surface area contributed by atoms with Gasteiger partial charge in [-0.2, -0.15) is 0 Å². The minimum absolute atomic E-state index is 0.0742. The number of imidazole rings is 1. The Balaban J connectivity index is 1.77. The third kappa shape index (κ3) is 7.61. The fourth-order valence-corrected chi connectivity index (χ4v) is 4.22. The van der Waals surface area contributed by atoms with Crippen LogP contribution in [0.25, 0.3) is 0 Å². The first-order valence-corrected chi connectivity index (χ1v) is 11.8. The number of aliphatic carboxylic acids is 1. The van der Waals surface area contributed by atoms with Crippen LogP contribution in [0.2, 0.25) is 0 Å². The van der Waals surface area contributed by atoms with Crippen molar-refractivity contribution in [1.29, 1.82) is 0 Å². The number of hydrogen-bond acceptors (Lipinski definition) is 7. The molecule has 4 unspecified atom stereocenters. The van der Waals surface area contributed by atoms with Gasteiger partial charge in [-0.05, 0) is 18.4 Å². The molecule has 8 N–H and O–H groups in total. The van der Waals surface area contributed by atoms with Crippen LogP contribution in [0.3, 0.4) is 0 Å². The number of nitrogens with zero attached hydrogens (tertiary/aromatic N) is 2. The summed E-state index contributed by atoms with van der Waals surface area (Å²) in [5.41, 5.74) is 12.6. The van der Waals surface area contributed by atoms with Crippen molar-refractivity contribution in [3.05, 3.63) is 54.1 Å². The van der Waals surface area contributed by atoms with E-state index in [1.54, 1.807) is 30.3 Å². The molecule has 1 aromatic carbocycles. The van der Waals surface area contributed by atoms with Crippen molar-refractivity contribution in [2.24, 2.45) is 11.5 Å². The molecular formula is C24H31N7O6. The van der Waals surface area contributed by atoms with Crippen molar-refractivity contribution in [2.75, 3.05) is 6.54 Å². The molecular weight excluding hydrogens is 482 g/mol. The van der Waals surface area contributed by atoms with Gasteiger partial charge in [-0.3, -0.25) is 19.2 Å². The van der Waals surface area contributed by atoms with E-state index in [1.165, 1.54) is 17.4 Å². The van der Waals surface area contributed by atoms with Gasteiger partial charge in [-0.25, -0.2) is 9.78 Å². The molecule has 13 heteroatoms. The fraction of sp³-hybridized carbons (Fsp3) is 0.417. The van der Waals surface area contributed by atoms with Gasteiger partial charge < -0.3 is 37.1 Å². The van der Waals surface area contributed by atoms with E-state index in [2.05, 4.69) is 20.6 Å². The number of rotatable bonds is 12. The highest BCUT2D eigenvalue weighted by atomic mass is 16.4. The van der Waals surface area contributed by atoms with Gasteiger partial charge in [0.1, 0.15) is 18.1 Å². The van der Waals surface area contributed by atoms with Crippen molar-refractivity contribution in [2.45, 2.75) is 56.3 Å². The Labute approximate surface area is 213 Å². The SMILES string of the molecule is NC(=O)CC(NC(=O)C(N)Cc1cnc[nH]1)C(=O)NC(Cc1ccccc1)C(=O)N1CCCC1C(=O)O. The van der Waals surface area contributed by atoms with E-state index in [4.69, 9.17) is 11.5 Å². The molecule has 0 spiro atoms. The molecule has 198 valence electrons. The van der Waals surface area contributed by atoms with Gasteiger partial charge >= 0.3 is 5.97 Å². The lowest BCUT2D eigenvalue weighted by Crippen LogP contribution is -2.58. The van der Waals surface area contributed by atoms with E-state index < -0.39 is 60.2 Å². The Morgan fingerprint density at radius 2 is 1.78 bits per heavy atom. The van der Waals surface area contributed by atoms with E-state index in [9.17, 15) is 29.1 Å². The van der Waals surface area contributed by atoms with E-state index in [0.29, 0.717) is 18.5 Å². The third-order valence-electron chi connectivity index (χ3n) is 6.09. The van der Waals surface area contributed by atoms with E-state index in [-0.39, 0.29) is 19.4 Å². The van der Waals surface area contributed by atoms with Crippen molar-refractivity contribution in [3.63, 3.8) is 0 Å². The first kappa shape index (κ1) is 27.3. The molecule has 1 aliphatic heterocycles. The molecule has 1 aromatic heterocycles. The number of carbonyl (C=O) groups excluding carboxylic acids is 4. The lowest BCUT2D eigenvalue weighted by Gasteiger charge is -2.29. The number of carboxylic acid groups (broad SMARTS) is 1. The summed E-state index contributed by atoms with van der Waals surface area (Å²) in [6.07, 6.45) is 3.42. The number of hydrogen-bond donors (Lipinski definition) is 6. The quantitative estimate of drug-likeness (QED) is 0.195. The normalized spacial score (nSPS) is 17.4. The molecule has 1 fully saturated rings. The Bertz CT molecular complexity index is 1110. The van der Waals surface area contributed by atoms with Crippen molar-refractivity contribution in [1.82, 2.24) is 25.5 Å². The summed E-state index contributed by atoms with van der Waals surface area (Å²) >= 11 is 0. The Morgan fingerprint density at radius 3 is 2.41 bits per heavy atom. The van der Waals surface area contributed by atoms with Gasteiger partial charge in [0.2, 0.25) is 23.6 Å². The van der Waals surface area contributed by atoms with E-state index in [1.807, 2.05) is 0 Å². The predicted molar refractivity (Wildman–Crippen MR) is 130 cm³/mol. The lowest BCUT2D eigenvalue weighted by molar-refractivity contribution is -0.149. The second-order valence-electron chi connectivity index (χ2n) is 8.90. The van der Waals surface area contributed by atoms with Crippen LogP contribution in [0.4, 0.5) is 0 Å². The van der Waals surface area contributed by atoms with Crippen LogP contribution in [-0.2, 0) is 36.8 Å². The molecule has 4 atom stereocenters. The maximum absolute atomic E-state index is 13.4. The van der Waals surface area contributed by atoms with Crippen molar-refractivity contribution >= 4 is 29.6 Å². The molecule has 2 heterocycles. The highest BCUT2D eigenvalue weighted by Crippen LogP contribution is 2.20. The highest BCUT2D eigenvalue weighted by molar-refractivity contribution is 5.96. The monoisotopic (exact) mass is 513 g/mol. The standard InChI is InChI=1S/C24H31N7O6/c25-16(10-15-12-27-13-28-15)21(33)29-17(11-20(26)32)22(34)30-18(9-14-5-2-1-3-6-14)23(35)31-8-4-7-19(31)24(36)37/h1-3,5-6,12-13,16-19H,4,7-11,25H2,(H2,26,32)(H,27,28)(H,29,33)(H,30,34)(H,36,37). The molecule has 3 rings (SSSR count). The van der Waals surface area contributed by atoms with Crippen LogP contribution >= 0.6 is 0 Å². The van der Waals surface area contributed by atoms with Gasteiger partial charge in [-0.15, -0.1) is 0 Å². The molecule has 0 bridgehead atoms. The molecule has 2 aromatic rings. The number of likely N-dealkylation sites (tertiary alicyclic amines) is 1. The number of amides is 4. The number of nitrogens with two attached hydrogens (primary N) is 2. The van der Waals surface area contributed by atoms with Crippen LogP contribution in [0, 0.1) is 0 Å². The number of benzene rings is 1. The average molecular weight is 514 g/mol. The Kier molecular flexibility index (Phi) is 9.33. The molecule has 1 saturated heterocycles. The summed E-state index contributed by atoms with van der Waals surface area (Å²) in [5.74, 6) is -4.06. The largest absolute Gasteiger partial charge is 0.480 e. The van der Waals surface area contributed by atoms with Crippen LogP contribution in [0.15, 0.2) is 42.9 Å². The van der Waals surface area contributed by atoms with Gasteiger partial charge in [0.05, 0.1) is 18.8 Å². The molecule has 0 aliphatic carbocycles. The number of carbonyl (C=O) groups is 5. The molecule has 37 heavy (non-hydrogen) atoms. The Hall–Kier alpha value is -4.26. The summed E-state index contributed by atoms with van der Waals surface area (Å²) in [5, 5.41) is 14.5. The molecule has 0 saturated carbocycles. The van der Waals surface area contributed by atoms with Crippen LogP contribution in [-0.4, -0.2) is 80.3 Å². The van der Waals surface area contributed by atoms with Crippen LogP contribution in [0.1, 0.15) is 30.5 Å². The maximum atomic E-state index is 13.4. The van der Waals surface area contributed by atoms with E-state index in [0.717, 1.165) is 5.56 Å². The summed E-state index contributed by atoms with van der Waals surface area (Å²) in [6, 6.07) is 4.29. The van der Waals surface area contributed by atoms with Gasteiger partial charge in [0, 0.05) is 31.3 Å². The number of aromatic amines is 1. The number of carboxylic acids is 1. The topological polar surface area (TPSA) is 214 Å². The lowest BCUT2D eigenvalue weighted by atomic mass is 10.0. The minimum atomic E-state index is -1.39. The predicted octanol–water partition coefficient (Wildman–Crippen LogP) is -1.56. The third-order valence-corrected chi connectivity index (χ3v) is 6.09. The summed E-state index contributed by atoms with van der Waals surface area (Å²) in [6.45, 7) is 0.237. The molecule has 0 radical (unpaired) electrons. The molecule has 13 nitrogen and oxygen atoms in total. The zero-order valence-electron chi connectivity index (χ0n) is 20.1. The number of primary amides is 1. The number of aromatic nitrogens is 2.